The second-order valence-corrected chi connectivity index (χ2v) is 14.8. The third kappa shape index (κ3) is 5.93. The zero-order valence-corrected chi connectivity index (χ0v) is 30.4. The van der Waals surface area contributed by atoms with E-state index < -0.39 is 0 Å². The van der Waals surface area contributed by atoms with Crippen LogP contribution in [0.5, 0.6) is 0 Å². The van der Waals surface area contributed by atoms with Crippen LogP contribution in [0.25, 0.3) is 75.5 Å². The van der Waals surface area contributed by atoms with Crippen molar-refractivity contribution in [3.63, 3.8) is 0 Å². The highest BCUT2D eigenvalue weighted by Gasteiger charge is 2.16. The first-order valence-corrected chi connectivity index (χ1v) is 19.2. The van der Waals surface area contributed by atoms with E-state index in [0.29, 0.717) is 0 Å². The van der Waals surface area contributed by atoms with Crippen molar-refractivity contribution in [2.45, 2.75) is 0 Å². The normalized spacial score (nSPS) is 11.3. The molecule has 10 aromatic rings. The van der Waals surface area contributed by atoms with Gasteiger partial charge in [0.25, 0.3) is 0 Å². The molecule has 10 rings (SSSR count). The number of fused-ring (bicyclic) bond motifs is 4. The van der Waals surface area contributed by atoms with E-state index in [1.165, 1.54) is 75.5 Å². The lowest BCUT2D eigenvalue weighted by Crippen LogP contribution is -2.10. The van der Waals surface area contributed by atoms with Gasteiger partial charge in [-0.15, -0.1) is 11.3 Å². The molecule has 1 nitrogen and oxygen atoms in total. The molecule has 0 N–H and O–H groups in total. The van der Waals surface area contributed by atoms with Gasteiger partial charge in [0.05, 0.1) is 0 Å². The van der Waals surface area contributed by atoms with Gasteiger partial charge in [0.15, 0.2) is 0 Å². The highest BCUT2D eigenvalue weighted by atomic mass is 32.1. The lowest BCUT2D eigenvalue weighted by molar-refractivity contribution is 1.28. The molecule has 2 heteroatoms. The number of nitrogens with zero attached hydrogens (tertiary/aromatic N) is 1. The van der Waals surface area contributed by atoms with Crippen LogP contribution in [-0.2, 0) is 0 Å². The van der Waals surface area contributed by atoms with Crippen LogP contribution in [0.4, 0.5) is 17.1 Å². The monoisotopic (exact) mass is 705 g/mol. The van der Waals surface area contributed by atoms with Crippen molar-refractivity contribution < 1.29 is 0 Å². The van der Waals surface area contributed by atoms with Crippen LogP contribution in [0.1, 0.15) is 0 Å². The summed E-state index contributed by atoms with van der Waals surface area (Å²) in [7, 11) is 0. The van der Waals surface area contributed by atoms with Gasteiger partial charge in [0.1, 0.15) is 0 Å². The van der Waals surface area contributed by atoms with Gasteiger partial charge in [0, 0.05) is 37.2 Å². The van der Waals surface area contributed by atoms with E-state index in [1.807, 2.05) is 11.3 Å². The maximum absolute atomic E-state index is 2.39. The fourth-order valence-electron chi connectivity index (χ4n) is 7.76. The van der Waals surface area contributed by atoms with Crippen LogP contribution in [0.2, 0.25) is 0 Å². The molecule has 0 unspecified atom stereocenters. The summed E-state index contributed by atoms with van der Waals surface area (Å²) >= 11 is 1.86. The lowest BCUT2D eigenvalue weighted by atomic mass is 9.97. The Labute approximate surface area is 319 Å². The number of rotatable bonds is 7. The largest absolute Gasteiger partial charge is 0.310 e. The van der Waals surface area contributed by atoms with Crippen molar-refractivity contribution in [2.75, 3.05) is 4.90 Å². The van der Waals surface area contributed by atoms with Gasteiger partial charge in [-0.2, -0.15) is 0 Å². The molecule has 0 amide bonds. The van der Waals surface area contributed by atoms with Gasteiger partial charge < -0.3 is 4.90 Å². The van der Waals surface area contributed by atoms with Gasteiger partial charge in [-0.25, -0.2) is 0 Å². The van der Waals surface area contributed by atoms with E-state index in [2.05, 4.69) is 217 Å². The molecular formula is C52H35NS. The molecule has 0 bridgehead atoms. The summed E-state index contributed by atoms with van der Waals surface area (Å²) in [4.78, 5) is 2.39. The Morgan fingerprint density at radius 3 is 1.54 bits per heavy atom. The Balaban J connectivity index is 1.07. The van der Waals surface area contributed by atoms with Gasteiger partial charge in [-0.3, -0.25) is 0 Å². The van der Waals surface area contributed by atoms with Crippen LogP contribution in [0.3, 0.4) is 0 Å². The van der Waals surface area contributed by atoms with Crippen LogP contribution in [0, 0.1) is 0 Å². The topological polar surface area (TPSA) is 3.24 Å². The molecule has 0 spiro atoms. The van der Waals surface area contributed by atoms with Gasteiger partial charge in [-0.05, 0) is 110 Å². The molecule has 1 heterocycles. The minimum absolute atomic E-state index is 1.10. The molecular weight excluding hydrogens is 671 g/mol. The Hall–Kier alpha value is -6.74. The minimum atomic E-state index is 1.10. The van der Waals surface area contributed by atoms with Crippen LogP contribution >= 0.6 is 11.3 Å². The summed E-state index contributed by atoms with van der Waals surface area (Å²) in [5.74, 6) is 0. The number of hydrogen-bond donors (Lipinski definition) is 0. The van der Waals surface area contributed by atoms with Crippen LogP contribution in [0.15, 0.2) is 212 Å². The highest BCUT2D eigenvalue weighted by Crippen LogP contribution is 2.41. The fourth-order valence-corrected chi connectivity index (χ4v) is 8.84. The lowest BCUT2D eigenvalue weighted by Gasteiger charge is -2.27. The smallest absolute Gasteiger partial charge is 0.0467 e. The zero-order valence-electron chi connectivity index (χ0n) is 29.6. The summed E-state index contributed by atoms with van der Waals surface area (Å²) in [5.41, 5.74) is 13.0. The molecule has 0 atom stereocenters. The van der Waals surface area contributed by atoms with Crippen molar-refractivity contribution in [1.82, 2.24) is 0 Å². The standard InChI is InChI=1S/C52H35NS/c1-2-11-36(12-3-1)37-23-25-38(26-24-37)39-27-30-44(31-28-39)53(46-18-9-16-43(34-46)48-21-10-14-40-13-4-5-19-47(40)48)45-17-8-15-41(33-45)42-29-32-52-50(35-42)49-20-6-7-22-51(49)54-52/h1-35H. The number of thiophene rings is 1. The zero-order chi connectivity index (χ0) is 35.8. The number of benzene rings is 9. The van der Waals surface area contributed by atoms with E-state index in [1.54, 1.807) is 0 Å². The Morgan fingerprint density at radius 1 is 0.278 bits per heavy atom. The first kappa shape index (κ1) is 32.0. The highest BCUT2D eigenvalue weighted by molar-refractivity contribution is 7.25. The molecule has 54 heavy (non-hydrogen) atoms. The minimum Gasteiger partial charge on any atom is -0.310 e. The maximum atomic E-state index is 2.39. The second kappa shape index (κ2) is 13.7. The van der Waals surface area contributed by atoms with Crippen LogP contribution in [-0.4, -0.2) is 0 Å². The summed E-state index contributed by atoms with van der Waals surface area (Å²) in [6.07, 6.45) is 0. The Kier molecular flexibility index (Phi) is 8.09. The fraction of sp³-hybridized carbons (Fsp3) is 0. The number of anilines is 3. The number of hydrogen-bond acceptors (Lipinski definition) is 2. The van der Waals surface area contributed by atoms with Crippen molar-refractivity contribution in [3.05, 3.63) is 212 Å². The van der Waals surface area contributed by atoms with E-state index in [0.717, 1.165) is 17.1 Å². The molecule has 0 aliphatic heterocycles. The Morgan fingerprint density at radius 2 is 0.778 bits per heavy atom. The molecule has 0 aliphatic carbocycles. The van der Waals surface area contributed by atoms with E-state index in [9.17, 15) is 0 Å². The van der Waals surface area contributed by atoms with Crippen molar-refractivity contribution in [3.8, 4) is 44.5 Å². The van der Waals surface area contributed by atoms with Crippen LogP contribution < -0.4 is 4.90 Å². The van der Waals surface area contributed by atoms with E-state index in [-0.39, 0.29) is 0 Å². The third-order valence-corrected chi connectivity index (χ3v) is 11.6. The summed E-state index contributed by atoms with van der Waals surface area (Å²) in [5, 5.41) is 5.13. The second-order valence-electron chi connectivity index (χ2n) is 13.8. The van der Waals surface area contributed by atoms with E-state index >= 15 is 0 Å². The van der Waals surface area contributed by atoms with Crippen molar-refractivity contribution >= 4 is 59.3 Å². The maximum Gasteiger partial charge on any atom is 0.0467 e. The molecule has 0 saturated heterocycles. The molecule has 0 saturated carbocycles. The molecule has 254 valence electrons. The molecule has 9 aromatic carbocycles. The summed E-state index contributed by atoms with van der Waals surface area (Å²) < 4.78 is 2.64. The van der Waals surface area contributed by atoms with Gasteiger partial charge >= 0.3 is 0 Å². The third-order valence-electron chi connectivity index (χ3n) is 10.5. The average molecular weight is 706 g/mol. The quantitative estimate of drug-likeness (QED) is 0.160. The van der Waals surface area contributed by atoms with E-state index in [4.69, 9.17) is 0 Å². The SMILES string of the molecule is c1ccc(-c2ccc(-c3ccc(N(c4cccc(-c5ccc6sc7ccccc7c6c5)c4)c4cccc(-c5cccc6ccccc56)c4)cc3)cc2)cc1. The molecule has 0 fully saturated rings. The Bertz CT molecular complexity index is 2920. The first-order valence-electron chi connectivity index (χ1n) is 18.4. The average Bonchev–Trinajstić information content (AvgIpc) is 3.63. The predicted molar refractivity (Wildman–Crippen MR) is 233 cm³/mol. The van der Waals surface area contributed by atoms with Crippen molar-refractivity contribution in [2.24, 2.45) is 0 Å². The molecule has 1 aromatic heterocycles. The molecule has 0 radical (unpaired) electrons. The van der Waals surface area contributed by atoms with Crippen molar-refractivity contribution in [1.29, 1.82) is 0 Å². The predicted octanol–water partition coefficient (Wildman–Crippen LogP) is 15.3. The van der Waals surface area contributed by atoms with Gasteiger partial charge in [-0.1, -0.05) is 158 Å². The summed E-state index contributed by atoms with van der Waals surface area (Å²) in [6, 6.07) is 77.2. The van der Waals surface area contributed by atoms with Gasteiger partial charge in [0.2, 0.25) is 0 Å². The first-order chi connectivity index (χ1) is 26.7. The summed E-state index contributed by atoms with van der Waals surface area (Å²) in [6.45, 7) is 0. The molecule has 0 aliphatic rings.